The molecule has 0 fully saturated rings. The van der Waals surface area contributed by atoms with Gasteiger partial charge in [0.2, 0.25) is 20.0 Å². The van der Waals surface area contributed by atoms with Crippen LogP contribution in [0.5, 0.6) is 0 Å². The van der Waals surface area contributed by atoms with Gasteiger partial charge < -0.3 is 0 Å². The van der Waals surface area contributed by atoms with Crippen LogP contribution in [0.3, 0.4) is 0 Å². The smallest absolute Gasteiger partial charge is 0.231 e. The number of ketones is 1. The molecule has 2 aromatic carbocycles. The van der Waals surface area contributed by atoms with E-state index >= 15 is 0 Å². The van der Waals surface area contributed by atoms with E-state index in [2.05, 4.69) is 0 Å². The van der Waals surface area contributed by atoms with Gasteiger partial charge in [-0.25, -0.2) is 16.8 Å². The molecule has 0 radical (unpaired) electrons. The number of hydrogen-bond acceptors (Lipinski definition) is 5. The summed E-state index contributed by atoms with van der Waals surface area (Å²) < 4.78 is 48.4. The number of rotatable bonds is 6. The van der Waals surface area contributed by atoms with Gasteiger partial charge in [-0.05, 0) is 48.5 Å². The minimum atomic E-state index is -3.37. The summed E-state index contributed by atoms with van der Waals surface area (Å²) >= 11 is 0. The molecule has 140 valence electrons. The number of carbonyl (C=O) groups is 1. The maximum absolute atomic E-state index is 12.5. The molecule has 0 aliphatic carbocycles. The lowest BCUT2D eigenvalue weighted by molar-refractivity contribution is 0.103. The summed E-state index contributed by atoms with van der Waals surface area (Å²) in [7, 11) is -3.88. The molecule has 0 saturated carbocycles. The third-order valence-electron chi connectivity index (χ3n) is 3.98. The van der Waals surface area contributed by atoms with Crippen LogP contribution in [-0.4, -0.2) is 49.2 Å². The van der Waals surface area contributed by atoms with Gasteiger partial charge in [0.1, 0.15) is 0 Å². The first-order valence-electron chi connectivity index (χ1n) is 7.54. The number of anilines is 2. The topological polar surface area (TPSA) is 91.8 Å². The van der Waals surface area contributed by atoms with E-state index in [0.717, 1.165) is 21.1 Å². The highest BCUT2D eigenvalue weighted by Crippen LogP contribution is 2.20. The maximum Gasteiger partial charge on any atom is 0.231 e. The Bertz CT molecular complexity index is 928. The minimum Gasteiger partial charge on any atom is -0.289 e. The van der Waals surface area contributed by atoms with E-state index in [4.69, 9.17) is 0 Å². The lowest BCUT2D eigenvalue weighted by atomic mass is 10.0. The van der Waals surface area contributed by atoms with Crippen LogP contribution in [0.15, 0.2) is 48.5 Å². The largest absolute Gasteiger partial charge is 0.289 e. The van der Waals surface area contributed by atoms with Gasteiger partial charge in [-0.15, -0.1) is 0 Å². The number of benzene rings is 2. The van der Waals surface area contributed by atoms with Gasteiger partial charge in [-0.2, -0.15) is 0 Å². The van der Waals surface area contributed by atoms with Crippen molar-refractivity contribution >= 4 is 37.2 Å². The Balaban J connectivity index is 2.24. The van der Waals surface area contributed by atoms with Gasteiger partial charge in [-0.3, -0.25) is 13.4 Å². The third-order valence-corrected chi connectivity index (χ3v) is 6.39. The number of carbonyl (C=O) groups excluding carboxylic acids is 1. The van der Waals surface area contributed by atoms with Crippen LogP contribution in [0.2, 0.25) is 0 Å². The second kappa shape index (κ2) is 7.08. The Morgan fingerprint density at radius 2 is 0.923 bits per heavy atom. The Labute approximate surface area is 154 Å². The fourth-order valence-corrected chi connectivity index (χ4v) is 3.20. The first-order valence-corrected chi connectivity index (χ1v) is 11.2. The van der Waals surface area contributed by atoms with E-state index in [-0.39, 0.29) is 5.78 Å². The highest BCUT2D eigenvalue weighted by molar-refractivity contribution is 7.92. The monoisotopic (exact) mass is 396 g/mol. The van der Waals surface area contributed by atoms with E-state index in [1.807, 2.05) is 0 Å². The van der Waals surface area contributed by atoms with E-state index < -0.39 is 20.0 Å². The van der Waals surface area contributed by atoms with Crippen molar-refractivity contribution in [2.24, 2.45) is 0 Å². The molecule has 0 amide bonds. The first-order chi connectivity index (χ1) is 11.9. The van der Waals surface area contributed by atoms with Gasteiger partial charge in [0.25, 0.3) is 0 Å². The average Bonchev–Trinajstić information content (AvgIpc) is 2.58. The Hall–Kier alpha value is -2.39. The van der Waals surface area contributed by atoms with E-state index in [0.29, 0.717) is 22.5 Å². The van der Waals surface area contributed by atoms with Crippen LogP contribution in [0.25, 0.3) is 0 Å². The number of hydrogen-bond donors (Lipinski definition) is 0. The van der Waals surface area contributed by atoms with Crippen molar-refractivity contribution in [2.75, 3.05) is 35.2 Å². The minimum absolute atomic E-state index is 0.243. The highest BCUT2D eigenvalue weighted by Gasteiger charge is 2.15. The second-order valence-corrected chi connectivity index (χ2v) is 9.91. The van der Waals surface area contributed by atoms with Gasteiger partial charge in [0.15, 0.2) is 5.78 Å². The van der Waals surface area contributed by atoms with Crippen molar-refractivity contribution in [1.29, 1.82) is 0 Å². The zero-order valence-corrected chi connectivity index (χ0v) is 16.5. The average molecular weight is 396 g/mol. The molecule has 0 atom stereocenters. The molecule has 2 rings (SSSR count). The highest BCUT2D eigenvalue weighted by atomic mass is 32.2. The normalized spacial score (nSPS) is 11.8. The molecule has 0 bridgehead atoms. The fraction of sp³-hybridized carbons (Fsp3) is 0.235. The van der Waals surface area contributed by atoms with Crippen molar-refractivity contribution in [3.63, 3.8) is 0 Å². The quantitative estimate of drug-likeness (QED) is 0.693. The standard InChI is InChI=1S/C17H20N2O5S2/c1-18(25(3,21)22)15-9-5-13(6-10-15)17(20)14-7-11-16(12-8-14)19(2)26(4,23)24/h5-12H,1-4H3. The summed E-state index contributed by atoms with van der Waals surface area (Å²) in [6, 6.07) is 12.4. The Morgan fingerprint density at radius 1 is 0.654 bits per heavy atom. The lowest BCUT2D eigenvalue weighted by Gasteiger charge is -2.17. The van der Waals surface area contributed by atoms with Gasteiger partial charge >= 0.3 is 0 Å². The zero-order chi connectivity index (χ0) is 19.7. The molecule has 0 unspecified atom stereocenters. The molecule has 26 heavy (non-hydrogen) atoms. The molecular formula is C17H20N2O5S2. The molecule has 0 aliphatic rings. The lowest BCUT2D eigenvalue weighted by Crippen LogP contribution is -2.24. The summed E-state index contributed by atoms with van der Waals surface area (Å²) in [6.45, 7) is 0. The van der Waals surface area contributed by atoms with Crippen LogP contribution in [0, 0.1) is 0 Å². The summed E-state index contributed by atoms with van der Waals surface area (Å²) in [4.78, 5) is 12.5. The SMILES string of the molecule is CN(c1ccc(C(=O)c2ccc(N(C)S(C)(=O)=O)cc2)cc1)S(C)(=O)=O. The predicted molar refractivity (Wildman–Crippen MR) is 103 cm³/mol. The molecule has 9 heteroatoms. The molecule has 7 nitrogen and oxygen atoms in total. The van der Waals surface area contributed by atoms with Crippen molar-refractivity contribution in [3.05, 3.63) is 59.7 Å². The van der Waals surface area contributed by atoms with Crippen molar-refractivity contribution in [3.8, 4) is 0 Å². The summed E-state index contributed by atoms with van der Waals surface area (Å²) in [5.41, 5.74) is 1.71. The van der Waals surface area contributed by atoms with Gasteiger partial charge in [0.05, 0.1) is 23.9 Å². The molecule has 0 aliphatic heterocycles. The molecular weight excluding hydrogens is 376 g/mol. The first kappa shape index (κ1) is 19.9. The van der Waals surface area contributed by atoms with Crippen molar-refractivity contribution in [1.82, 2.24) is 0 Å². The van der Waals surface area contributed by atoms with E-state index in [1.165, 1.54) is 14.1 Å². The van der Waals surface area contributed by atoms with Gasteiger partial charge in [0, 0.05) is 25.2 Å². The summed E-state index contributed by atoms with van der Waals surface area (Å²) in [5, 5.41) is 0. The molecule has 0 spiro atoms. The van der Waals surface area contributed by atoms with Gasteiger partial charge in [-0.1, -0.05) is 0 Å². The van der Waals surface area contributed by atoms with E-state index in [1.54, 1.807) is 48.5 Å². The molecule has 0 heterocycles. The van der Waals surface area contributed by atoms with Crippen molar-refractivity contribution < 1.29 is 21.6 Å². The van der Waals surface area contributed by atoms with Crippen LogP contribution >= 0.6 is 0 Å². The van der Waals surface area contributed by atoms with E-state index in [9.17, 15) is 21.6 Å². The van der Waals surface area contributed by atoms with Crippen LogP contribution in [0.1, 0.15) is 15.9 Å². The Morgan fingerprint density at radius 3 is 1.15 bits per heavy atom. The Kier molecular flexibility index (Phi) is 5.43. The third kappa shape index (κ3) is 4.41. The molecule has 0 N–H and O–H groups in total. The molecule has 0 saturated heterocycles. The number of nitrogens with zero attached hydrogens (tertiary/aromatic N) is 2. The fourth-order valence-electron chi connectivity index (χ4n) is 2.20. The van der Waals surface area contributed by atoms with Crippen LogP contribution in [-0.2, 0) is 20.0 Å². The zero-order valence-electron chi connectivity index (χ0n) is 14.9. The summed E-state index contributed by atoms with van der Waals surface area (Å²) in [6.07, 6.45) is 2.20. The van der Waals surface area contributed by atoms with Crippen LogP contribution in [0.4, 0.5) is 11.4 Å². The predicted octanol–water partition coefficient (Wildman–Crippen LogP) is 1.71. The molecule has 0 aromatic heterocycles. The van der Waals surface area contributed by atoms with Crippen molar-refractivity contribution in [2.45, 2.75) is 0 Å². The maximum atomic E-state index is 12.5. The second-order valence-electron chi connectivity index (χ2n) is 5.88. The van der Waals surface area contributed by atoms with Crippen LogP contribution < -0.4 is 8.61 Å². The molecule has 2 aromatic rings. The summed E-state index contributed by atoms with van der Waals surface area (Å²) in [5.74, 6) is -0.243. The number of sulfonamides is 2.